The highest BCUT2D eigenvalue weighted by Gasteiger charge is 2.29. The van der Waals surface area contributed by atoms with Crippen LogP contribution in [-0.4, -0.2) is 40.9 Å². The summed E-state index contributed by atoms with van der Waals surface area (Å²) < 4.78 is 0. The summed E-state index contributed by atoms with van der Waals surface area (Å²) >= 11 is 1.65. The molecule has 5 heteroatoms. The van der Waals surface area contributed by atoms with E-state index < -0.39 is 0 Å². The number of hydrogen-bond acceptors (Lipinski definition) is 5. The van der Waals surface area contributed by atoms with Crippen LogP contribution in [0, 0.1) is 5.92 Å². The van der Waals surface area contributed by atoms with E-state index in [1.807, 2.05) is 30.7 Å². The van der Waals surface area contributed by atoms with E-state index in [1.54, 1.807) is 24.2 Å². The summed E-state index contributed by atoms with van der Waals surface area (Å²) in [5.74, 6) is 1.36. The van der Waals surface area contributed by atoms with E-state index >= 15 is 0 Å². The van der Waals surface area contributed by atoms with E-state index in [9.17, 15) is 0 Å². The molecule has 0 spiro atoms. The average Bonchev–Trinajstić information content (AvgIpc) is 2.74. The molecule has 2 aliphatic rings. The molecule has 0 saturated carbocycles. The number of nitrogens with zero attached hydrogens (tertiary/aromatic N) is 4. The number of likely N-dealkylation sites (tertiary alicyclic amines) is 1. The molecular weight excluding hydrogens is 364 g/mol. The predicted octanol–water partition coefficient (Wildman–Crippen LogP) is 5.29. The lowest BCUT2D eigenvalue weighted by atomic mass is 9.91. The van der Waals surface area contributed by atoms with Crippen LogP contribution in [0.5, 0.6) is 0 Å². The number of thioether (sulfide) groups is 1. The lowest BCUT2D eigenvalue weighted by Crippen LogP contribution is -2.47. The maximum atomic E-state index is 4.98. The first-order valence-corrected chi connectivity index (χ1v) is 10.4. The van der Waals surface area contributed by atoms with Crippen LogP contribution in [0.3, 0.4) is 0 Å². The Labute approximate surface area is 172 Å². The lowest BCUT2D eigenvalue weighted by Gasteiger charge is -2.40. The summed E-state index contributed by atoms with van der Waals surface area (Å²) in [4.78, 5) is 14.7. The number of guanidine groups is 1. The minimum absolute atomic E-state index is 0.409. The topological polar surface area (TPSA) is 31.7 Å². The SMILES string of the molecule is C=CS/C(=C\C)C(=C)C1CCCN(C2=NC(c3ccncc3)=CC(=C)N2C)C1. The summed E-state index contributed by atoms with van der Waals surface area (Å²) in [6.45, 7) is 16.4. The summed E-state index contributed by atoms with van der Waals surface area (Å²) in [6, 6.07) is 3.97. The number of allylic oxidation sites excluding steroid dienone is 3. The predicted molar refractivity (Wildman–Crippen MR) is 122 cm³/mol. The van der Waals surface area contributed by atoms with Crippen molar-refractivity contribution < 1.29 is 0 Å². The summed E-state index contributed by atoms with van der Waals surface area (Å²) in [6.07, 6.45) is 10.0. The zero-order valence-corrected chi connectivity index (χ0v) is 17.6. The number of piperidine rings is 1. The van der Waals surface area contributed by atoms with E-state index in [1.165, 1.54) is 10.5 Å². The minimum atomic E-state index is 0.409. The Morgan fingerprint density at radius 2 is 2.07 bits per heavy atom. The Morgan fingerprint density at radius 3 is 2.75 bits per heavy atom. The molecule has 1 atom stereocenters. The molecule has 2 aliphatic heterocycles. The molecule has 146 valence electrons. The zero-order valence-electron chi connectivity index (χ0n) is 16.8. The molecule has 1 saturated heterocycles. The van der Waals surface area contributed by atoms with Gasteiger partial charge >= 0.3 is 0 Å². The molecule has 0 N–H and O–H groups in total. The van der Waals surface area contributed by atoms with Crippen molar-refractivity contribution in [1.29, 1.82) is 0 Å². The third-order valence-corrected chi connectivity index (χ3v) is 6.14. The third-order valence-electron chi connectivity index (χ3n) is 5.22. The first-order valence-electron chi connectivity index (χ1n) is 9.56. The highest BCUT2D eigenvalue weighted by atomic mass is 32.2. The molecule has 28 heavy (non-hydrogen) atoms. The first-order chi connectivity index (χ1) is 13.5. The van der Waals surface area contributed by atoms with E-state index in [0.717, 1.165) is 48.8 Å². The maximum absolute atomic E-state index is 4.98. The van der Waals surface area contributed by atoms with Crippen LogP contribution in [0.2, 0.25) is 0 Å². The van der Waals surface area contributed by atoms with Gasteiger partial charge in [-0.1, -0.05) is 37.6 Å². The summed E-state index contributed by atoms with van der Waals surface area (Å²) in [5.41, 5.74) is 4.12. The first kappa shape index (κ1) is 20.2. The van der Waals surface area contributed by atoms with E-state index in [-0.39, 0.29) is 0 Å². The molecule has 4 nitrogen and oxygen atoms in total. The molecule has 1 fully saturated rings. The van der Waals surface area contributed by atoms with Crippen LogP contribution >= 0.6 is 11.8 Å². The molecule has 0 bridgehead atoms. The Hall–Kier alpha value is -2.53. The van der Waals surface area contributed by atoms with Crippen LogP contribution < -0.4 is 0 Å². The second kappa shape index (κ2) is 9.11. The number of hydrogen-bond donors (Lipinski definition) is 0. The van der Waals surface area contributed by atoms with E-state index in [4.69, 9.17) is 4.99 Å². The maximum Gasteiger partial charge on any atom is 0.206 e. The Kier molecular flexibility index (Phi) is 6.57. The fourth-order valence-electron chi connectivity index (χ4n) is 3.61. The largest absolute Gasteiger partial charge is 0.342 e. The highest BCUT2D eigenvalue weighted by Crippen LogP contribution is 2.34. The number of rotatable bonds is 5. The molecule has 0 aromatic carbocycles. The van der Waals surface area contributed by atoms with Gasteiger partial charge < -0.3 is 9.80 Å². The smallest absolute Gasteiger partial charge is 0.206 e. The lowest BCUT2D eigenvalue weighted by molar-refractivity contribution is 0.265. The van der Waals surface area contributed by atoms with Crippen molar-refractivity contribution in [2.24, 2.45) is 10.9 Å². The van der Waals surface area contributed by atoms with Gasteiger partial charge in [-0.15, -0.1) is 0 Å². The summed E-state index contributed by atoms with van der Waals surface area (Å²) in [7, 11) is 2.03. The van der Waals surface area contributed by atoms with Gasteiger partial charge in [0.1, 0.15) is 0 Å². The van der Waals surface area contributed by atoms with Gasteiger partial charge in [-0.25, -0.2) is 4.99 Å². The summed E-state index contributed by atoms with van der Waals surface area (Å²) in [5, 5.41) is 1.87. The van der Waals surface area contributed by atoms with Crippen LogP contribution in [-0.2, 0) is 0 Å². The van der Waals surface area contributed by atoms with Gasteiger partial charge in [0.15, 0.2) is 0 Å². The molecule has 3 heterocycles. The van der Waals surface area contributed by atoms with Gasteiger partial charge in [0.2, 0.25) is 5.96 Å². The monoisotopic (exact) mass is 392 g/mol. The number of aliphatic imine (C=N–C) groups is 1. The van der Waals surface area contributed by atoms with E-state index in [2.05, 4.69) is 47.5 Å². The van der Waals surface area contributed by atoms with Crippen LogP contribution in [0.1, 0.15) is 25.3 Å². The number of pyridine rings is 1. The molecule has 0 amide bonds. The van der Waals surface area contributed by atoms with Crippen molar-refractivity contribution >= 4 is 23.4 Å². The standard InChI is InChI=1S/C23H28N4S/c1-6-22(28-7-2)18(4)20-9-8-14-27(16-20)23-25-21(15-17(3)26(23)5)19-10-12-24-13-11-19/h6-7,10-13,15,20H,2-4,8-9,14,16H2,1,5H3/b22-6-. The molecule has 0 radical (unpaired) electrons. The number of aromatic nitrogens is 1. The quantitative estimate of drug-likeness (QED) is 0.638. The molecule has 3 rings (SSSR count). The van der Waals surface area contributed by atoms with Gasteiger partial charge in [0.05, 0.1) is 5.70 Å². The van der Waals surface area contributed by atoms with Gasteiger partial charge in [0.25, 0.3) is 0 Å². The minimum Gasteiger partial charge on any atom is -0.342 e. The van der Waals surface area contributed by atoms with Gasteiger partial charge in [-0.05, 0) is 49.0 Å². The van der Waals surface area contributed by atoms with Crippen LogP contribution in [0.15, 0.2) is 83.0 Å². The Balaban J connectivity index is 1.84. The van der Waals surface area contributed by atoms with Gasteiger partial charge in [0, 0.05) is 54.6 Å². The fraction of sp³-hybridized carbons (Fsp3) is 0.304. The normalized spacial score (nSPS) is 20.6. The van der Waals surface area contributed by atoms with Crippen molar-refractivity contribution in [3.05, 3.63) is 83.6 Å². The van der Waals surface area contributed by atoms with E-state index in [0.29, 0.717) is 5.92 Å². The molecular formula is C23H28N4S. The average molecular weight is 393 g/mol. The second-order valence-corrected chi connectivity index (χ2v) is 7.98. The van der Waals surface area contributed by atoms with Crippen molar-refractivity contribution in [1.82, 2.24) is 14.8 Å². The van der Waals surface area contributed by atoms with Crippen LogP contribution in [0.4, 0.5) is 0 Å². The third kappa shape index (κ3) is 4.30. The fourth-order valence-corrected chi connectivity index (χ4v) is 4.25. The van der Waals surface area contributed by atoms with Crippen LogP contribution in [0.25, 0.3) is 5.70 Å². The zero-order chi connectivity index (χ0) is 20.1. The highest BCUT2D eigenvalue weighted by molar-refractivity contribution is 8.06. The van der Waals surface area contributed by atoms with Crippen molar-refractivity contribution in [2.45, 2.75) is 19.8 Å². The van der Waals surface area contributed by atoms with Crippen molar-refractivity contribution in [3.8, 4) is 0 Å². The van der Waals surface area contributed by atoms with Crippen molar-refractivity contribution in [3.63, 3.8) is 0 Å². The van der Waals surface area contributed by atoms with Gasteiger partial charge in [-0.3, -0.25) is 4.98 Å². The number of likely N-dealkylation sites (N-methyl/N-ethyl adjacent to an activating group) is 1. The molecule has 0 aliphatic carbocycles. The Bertz CT molecular complexity index is 851. The second-order valence-electron chi connectivity index (χ2n) is 6.98. The molecule has 1 unspecified atom stereocenters. The molecule has 1 aromatic rings. The van der Waals surface area contributed by atoms with Gasteiger partial charge in [-0.2, -0.15) is 0 Å². The van der Waals surface area contributed by atoms with Crippen molar-refractivity contribution in [2.75, 3.05) is 20.1 Å². The molecule has 1 aromatic heterocycles. The Morgan fingerprint density at radius 1 is 1.32 bits per heavy atom.